The molecule has 0 fully saturated rings. The molecule has 1 aliphatic carbocycles. The highest BCUT2D eigenvalue weighted by atomic mass is 32.1. The topological polar surface area (TPSA) is 185 Å². The zero-order valence-corrected chi connectivity index (χ0v) is 26.2. The fourth-order valence-corrected chi connectivity index (χ4v) is 5.10. The Morgan fingerprint density at radius 2 is 1.77 bits per heavy atom. The van der Waals surface area contributed by atoms with Crippen molar-refractivity contribution in [1.82, 2.24) is 20.8 Å². The second-order valence-electron chi connectivity index (χ2n) is 11.4. The molecule has 0 bridgehead atoms. The molecule has 1 heterocycles. The number of aryl methyl sites for hydroxylation is 1. The first-order valence-electron chi connectivity index (χ1n) is 14.7. The average molecular weight is 622 g/mol. The highest BCUT2D eigenvalue weighted by Gasteiger charge is 2.15. The molecule has 12 heteroatoms. The molecule has 0 atom stereocenters. The number of aliphatic hydroxyl groups is 1. The lowest BCUT2D eigenvalue weighted by Gasteiger charge is -2.17. The van der Waals surface area contributed by atoms with Crippen LogP contribution < -0.4 is 27.4 Å². The number of carbonyl (C=O) groups is 3. The summed E-state index contributed by atoms with van der Waals surface area (Å²) in [5.74, 6) is -0.305. The number of hydrogen-bond acceptors (Lipinski definition) is 9. The molecule has 0 saturated carbocycles. The molecule has 1 aromatic carbocycles. The Hall–Kier alpha value is -4.29. The smallest absolute Gasteiger partial charge is 0.230 e. The predicted molar refractivity (Wildman–Crippen MR) is 173 cm³/mol. The van der Waals surface area contributed by atoms with Gasteiger partial charge in [-0.25, -0.2) is 0 Å². The third kappa shape index (κ3) is 13.8. The zero-order valence-electron chi connectivity index (χ0n) is 25.4. The average Bonchev–Trinajstić information content (AvgIpc) is 3.40. The van der Waals surface area contributed by atoms with Crippen molar-refractivity contribution in [3.63, 3.8) is 0 Å². The number of carbonyl (C=O) groups excluding carboxylic acids is 3. The van der Waals surface area contributed by atoms with Gasteiger partial charge in [0.1, 0.15) is 10.8 Å². The summed E-state index contributed by atoms with van der Waals surface area (Å²) in [5, 5.41) is 27.5. The van der Waals surface area contributed by atoms with E-state index < -0.39 is 5.60 Å². The minimum absolute atomic E-state index is 0.137. The Balaban J connectivity index is 1.35. The van der Waals surface area contributed by atoms with Crippen molar-refractivity contribution in [3.05, 3.63) is 87.9 Å². The zero-order chi connectivity index (χ0) is 32.0. The van der Waals surface area contributed by atoms with Crippen LogP contribution >= 0.6 is 11.3 Å². The largest absolute Gasteiger partial charge is 0.402 e. The molecule has 0 radical (unpaired) electrons. The quantitative estimate of drug-likeness (QED) is 0.122. The van der Waals surface area contributed by atoms with Gasteiger partial charge in [0.25, 0.3) is 0 Å². The van der Waals surface area contributed by atoms with E-state index in [0.717, 1.165) is 47.4 Å². The first-order chi connectivity index (χ1) is 20.9. The summed E-state index contributed by atoms with van der Waals surface area (Å²) in [7, 11) is 0. The number of nitrogens with two attached hydrogens (primary N) is 2. The number of benzene rings is 1. The third-order valence-electron chi connectivity index (χ3n) is 6.51. The van der Waals surface area contributed by atoms with Gasteiger partial charge < -0.3 is 32.5 Å². The molecular weight excluding hydrogens is 578 g/mol. The van der Waals surface area contributed by atoms with Gasteiger partial charge in [-0.1, -0.05) is 59.4 Å². The summed E-state index contributed by atoms with van der Waals surface area (Å²) in [6, 6.07) is 7.29. The maximum atomic E-state index is 12.6. The van der Waals surface area contributed by atoms with Gasteiger partial charge >= 0.3 is 0 Å². The molecule has 8 N–H and O–H groups in total. The number of nitrogens with zero attached hydrogens (tertiary/aromatic N) is 2. The Kier molecular flexibility index (Phi) is 13.3. The van der Waals surface area contributed by atoms with Crippen molar-refractivity contribution in [2.24, 2.45) is 11.5 Å². The molecule has 1 aliphatic rings. The number of hydrogen-bond donors (Lipinski definition) is 6. The minimum atomic E-state index is -0.981. The number of amides is 3. The van der Waals surface area contributed by atoms with Crippen LogP contribution in [0.1, 0.15) is 68.5 Å². The summed E-state index contributed by atoms with van der Waals surface area (Å²) in [5.41, 5.74) is 14.3. The molecule has 0 saturated heterocycles. The van der Waals surface area contributed by atoms with Crippen LogP contribution in [0.3, 0.4) is 0 Å². The SMILES string of the molecule is CC(C)(O)CNC(=O)Cc1cccc(CC(=O)Nc2nnc(CCCC/C(N)=C/C=C(\N)NC(=O)CC3=CC=CCC3)s2)c1. The Morgan fingerprint density at radius 1 is 1.02 bits per heavy atom. The highest BCUT2D eigenvalue weighted by molar-refractivity contribution is 7.15. The van der Waals surface area contributed by atoms with Gasteiger partial charge in [0.05, 0.1) is 18.4 Å². The lowest BCUT2D eigenvalue weighted by atomic mass is 10.0. The van der Waals surface area contributed by atoms with Crippen molar-refractivity contribution in [2.75, 3.05) is 11.9 Å². The summed E-state index contributed by atoms with van der Waals surface area (Å²) in [6.07, 6.45) is 14.8. The van der Waals surface area contributed by atoms with Crippen LogP contribution in [0, 0.1) is 0 Å². The Bertz CT molecular complexity index is 1420. The molecular formula is C32H43N7O4S. The molecule has 0 unspecified atom stereocenters. The van der Waals surface area contributed by atoms with Crippen molar-refractivity contribution in [3.8, 4) is 0 Å². The second-order valence-corrected chi connectivity index (χ2v) is 12.5. The van der Waals surface area contributed by atoms with Gasteiger partial charge in [0, 0.05) is 25.1 Å². The van der Waals surface area contributed by atoms with Gasteiger partial charge in [-0.2, -0.15) is 0 Å². The number of unbranched alkanes of at least 4 members (excludes halogenated alkanes) is 1. The first-order valence-corrected chi connectivity index (χ1v) is 15.5. The maximum absolute atomic E-state index is 12.6. The fraction of sp³-hybridized carbons (Fsp3) is 0.406. The molecule has 11 nitrogen and oxygen atoms in total. The molecule has 44 heavy (non-hydrogen) atoms. The maximum Gasteiger partial charge on any atom is 0.230 e. The first kappa shape index (κ1) is 34.2. The molecule has 236 valence electrons. The minimum Gasteiger partial charge on any atom is -0.402 e. The number of rotatable bonds is 16. The van der Waals surface area contributed by atoms with Gasteiger partial charge in [-0.3, -0.25) is 14.4 Å². The van der Waals surface area contributed by atoms with Crippen molar-refractivity contribution in [2.45, 2.75) is 77.2 Å². The van der Waals surface area contributed by atoms with E-state index in [1.165, 1.54) is 11.3 Å². The number of allylic oxidation sites excluding steroid dienone is 6. The van der Waals surface area contributed by atoms with E-state index in [-0.39, 0.29) is 42.9 Å². The van der Waals surface area contributed by atoms with Gasteiger partial charge in [0.15, 0.2) is 0 Å². The second kappa shape index (κ2) is 17.1. The lowest BCUT2D eigenvalue weighted by Crippen LogP contribution is -2.38. The van der Waals surface area contributed by atoms with E-state index in [4.69, 9.17) is 11.5 Å². The van der Waals surface area contributed by atoms with Crippen LogP contribution in [0.25, 0.3) is 0 Å². The molecule has 0 aliphatic heterocycles. The summed E-state index contributed by atoms with van der Waals surface area (Å²) >= 11 is 1.33. The third-order valence-corrected chi connectivity index (χ3v) is 7.41. The molecule has 3 amide bonds. The fourth-order valence-electron chi connectivity index (χ4n) is 4.30. The van der Waals surface area contributed by atoms with E-state index in [2.05, 4.69) is 32.2 Å². The van der Waals surface area contributed by atoms with E-state index >= 15 is 0 Å². The Morgan fingerprint density at radius 3 is 2.48 bits per heavy atom. The van der Waals surface area contributed by atoms with E-state index in [9.17, 15) is 19.5 Å². The summed E-state index contributed by atoms with van der Waals surface area (Å²) in [4.78, 5) is 36.9. The normalized spacial score (nSPS) is 13.8. The van der Waals surface area contributed by atoms with Crippen LogP contribution in [0.5, 0.6) is 0 Å². The number of anilines is 1. The molecule has 0 spiro atoms. The van der Waals surface area contributed by atoms with Crippen LogP contribution in [0.4, 0.5) is 5.13 Å². The van der Waals surface area contributed by atoms with Crippen LogP contribution in [-0.4, -0.2) is 45.2 Å². The molecule has 1 aromatic heterocycles. The van der Waals surface area contributed by atoms with Crippen LogP contribution in [0.15, 0.2) is 71.7 Å². The van der Waals surface area contributed by atoms with E-state index in [1.807, 2.05) is 36.4 Å². The Labute approximate surface area is 262 Å². The summed E-state index contributed by atoms with van der Waals surface area (Å²) in [6.45, 7) is 3.41. The van der Waals surface area contributed by atoms with Crippen molar-refractivity contribution >= 4 is 34.2 Å². The van der Waals surface area contributed by atoms with Gasteiger partial charge in [-0.15, -0.1) is 10.2 Å². The monoisotopic (exact) mass is 621 g/mol. The predicted octanol–water partition coefficient (Wildman–Crippen LogP) is 3.29. The van der Waals surface area contributed by atoms with Crippen molar-refractivity contribution in [1.29, 1.82) is 0 Å². The van der Waals surface area contributed by atoms with Gasteiger partial charge in [-0.05, 0) is 69.2 Å². The highest BCUT2D eigenvalue weighted by Crippen LogP contribution is 2.19. The van der Waals surface area contributed by atoms with Gasteiger partial charge in [0.2, 0.25) is 22.9 Å². The summed E-state index contributed by atoms with van der Waals surface area (Å²) < 4.78 is 0. The standard InChI is InChI=1S/C32H43N7O4S/c1-32(2,43)21-35-27(40)19-23-11-8-12-24(17-23)20-29(42)37-31-39-38-30(44-31)14-7-6-13-25(33)15-16-26(34)36-28(41)18-22-9-4-3-5-10-22/h3-4,8-9,11-12,15-17,43H,5-7,10,13-14,18-21,33-34H2,1-2H3,(H,35,40)(H,36,41)(H,37,39,42)/b25-15-,26-16+. The van der Waals surface area contributed by atoms with Crippen LogP contribution in [0.2, 0.25) is 0 Å². The number of aromatic nitrogens is 2. The van der Waals surface area contributed by atoms with E-state index in [1.54, 1.807) is 26.0 Å². The lowest BCUT2D eigenvalue weighted by molar-refractivity contribution is -0.121. The van der Waals surface area contributed by atoms with Crippen molar-refractivity contribution < 1.29 is 19.5 Å². The van der Waals surface area contributed by atoms with Crippen LogP contribution in [-0.2, 0) is 33.6 Å². The molecule has 2 aromatic rings. The van der Waals surface area contributed by atoms with E-state index in [0.29, 0.717) is 30.1 Å². The molecule has 3 rings (SSSR count). The number of nitrogens with one attached hydrogen (secondary N) is 3.